The maximum atomic E-state index is 14.4. The van der Waals surface area contributed by atoms with Crippen LogP contribution in [0.15, 0.2) is 37.1 Å². The number of anilines is 1. The molecule has 2 aliphatic carbocycles. The molecule has 4 heterocycles. The first kappa shape index (κ1) is 25.4. The van der Waals surface area contributed by atoms with Crippen LogP contribution in [0, 0.1) is 23.1 Å². The molecule has 2 saturated heterocycles. The number of benzene rings is 1. The topological polar surface area (TPSA) is 97.2 Å². The van der Waals surface area contributed by atoms with Crippen molar-refractivity contribution < 1.29 is 13.9 Å². The molecule has 208 valence electrons. The number of carbonyl (C=O) groups is 1. The fraction of sp³-hybridized carbons (Fsp3) is 0.533. The first-order chi connectivity index (χ1) is 19.4. The number of hydrogen-bond acceptors (Lipinski definition) is 9. The average Bonchev–Trinajstić information content (AvgIpc) is 3.67. The molecule has 10 heteroatoms. The van der Waals surface area contributed by atoms with Crippen LogP contribution < -0.4 is 9.64 Å². The molecule has 2 aliphatic heterocycles. The number of hydrogen-bond donors (Lipinski definition) is 0. The quantitative estimate of drug-likeness (QED) is 0.402. The van der Waals surface area contributed by atoms with Crippen molar-refractivity contribution in [3.63, 3.8) is 0 Å². The minimum atomic E-state index is -0.354. The number of nitrogens with zero attached hydrogens (tertiary/aromatic N) is 7. The Kier molecular flexibility index (Phi) is 6.25. The standard InChI is InChI=1S/C30H34FN7O2/c1-18(2)27(20-9-22(39)10-20)38-14-30(15-38)7-8-37(13-30)28-29(36-35-17-34-28)40-25-6-5-21(31)11-23(25)24-12-32-16-33-26(24)19-3-4-19/h5-6,11-12,16-20,27H,3-4,7-10,13-15H2,1-2H3. The molecule has 1 unspecified atom stereocenters. The monoisotopic (exact) mass is 543 g/mol. The van der Waals surface area contributed by atoms with E-state index < -0.39 is 0 Å². The minimum absolute atomic E-state index is 0.199. The second kappa shape index (κ2) is 9.83. The largest absolute Gasteiger partial charge is 0.434 e. The number of rotatable bonds is 8. The van der Waals surface area contributed by atoms with Gasteiger partial charge in [0.25, 0.3) is 5.88 Å². The van der Waals surface area contributed by atoms with Crippen molar-refractivity contribution >= 4 is 11.6 Å². The van der Waals surface area contributed by atoms with Crippen LogP contribution in [0.3, 0.4) is 0 Å². The molecule has 2 aromatic heterocycles. The number of ether oxygens (including phenoxy) is 1. The van der Waals surface area contributed by atoms with Gasteiger partial charge in [0.2, 0.25) is 0 Å². The maximum Gasteiger partial charge on any atom is 0.282 e. The van der Waals surface area contributed by atoms with Gasteiger partial charge in [-0.05, 0) is 49.3 Å². The summed E-state index contributed by atoms with van der Waals surface area (Å²) in [5.41, 5.74) is 2.50. The van der Waals surface area contributed by atoms with E-state index >= 15 is 0 Å². The molecular weight excluding hydrogens is 509 g/mol. The van der Waals surface area contributed by atoms with Crippen LogP contribution in [0.25, 0.3) is 11.1 Å². The van der Waals surface area contributed by atoms with Crippen LogP contribution in [0.4, 0.5) is 10.2 Å². The Labute approximate surface area is 233 Å². The number of aromatic nitrogens is 5. The second-order valence-electron chi connectivity index (χ2n) is 12.4. The average molecular weight is 544 g/mol. The molecule has 4 fully saturated rings. The lowest BCUT2D eigenvalue weighted by atomic mass is 9.70. The van der Waals surface area contributed by atoms with Gasteiger partial charge < -0.3 is 9.64 Å². The van der Waals surface area contributed by atoms with Crippen LogP contribution in [0.5, 0.6) is 11.6 Å². The lowest BCUT2D eigenvalue weighted by molar-refractivity contribution is -0.133. The van der Waals surface area contributed by atoms with Crippen LogP contribution in [-0.4, -0.2) is 68.1 Å². The summed E-state index contributed by atoms with van der Waals surface area (Å²) in [7, 11) is 0. The summed E-state index contributed by atoms with van der Waals surface area (Å²) >= 11 is 0. The SMILES string of the molecule is CC(C)C(C1CC(=O)C1)N1CC2(CCN(c3ncnnc3Oc3ccc(F)cc3-c3cncnc3C3CC3)C2)C1. The minimum Gasteiger partial charge on any atom is -0.434 e. The third-order valence-corrected chi connectivity index (χ3v) is 9.10. The molecule has 0 N–H and O–H groups in total. The van der Waals surface area contributed by atoms with Gasteiger partial charge in [-0.25, -0.2) is 19.3 Å². The highest BCUT2D eigenvalue weighted by atomic mass is 19.1. The zero-order valence-electron chi connectivity index (χ0n) is 23.0. The summed E-state index contributed by atoms with van der Waals surface area (Å²) < 4.78 is 20.8. The summed E-state index contributed by atoms with van der Waals surface area (Å²) in [5, 5.41) is 8.32. The van der Waals surface area contributed by atoms with Crippen molar-refractivity contribution in [3.8, 4) is 22.8 Å². The Morgan fingerprint density at radius 1 is 1.07 bits per heavy atom. The Hall–Kier alpha value is -3.53. The number of ketones is 1. The zero-order valence-corrected chi connectivity index (χ0v) is 23.0. The van der Waals surface area contributed by atoms with Gasteiger partial charge in [-0.1, -0.05) is 13.8 Å². The fourth-order valence-corrected chi connectivity index (χ4v) is 7.11. The highest BCUT2D eigenvalue weighted by molar-refractivity contribution is 5.84. The van der Waals surface area contributed by atoms with Crippen molar-refractivity contribution in [2.45, 2.75) is 57.9 Å². The van der Waals surface area contributed by atoms with Crippen LogP contribution in [0.2, 0.25) is 0 Å². The predicted octanol–water partition coefficient (Wildman–Crippen LogP) is 4.65. The lowest BCUT2D eigenvalue weighted by Crippen LogP contribution is -2.64. The van der Waals surface area contributed by atoms with E-state index in [9.17, 15) is 9.18 Å². The second-order valence-corrected chi connectivity index (χ2v) is 12.4. The summed E-state index contributed by atoms with van der Waals surface area (Å²) in [6, 6.07) is 4.95. The number of halogens is 1. The van der Waals surface area contributed by atoms with Crippen LogP contribution in [0.1, 0.15) is 57.6 Å². The van der Waals surface area contributed by atoms with E-state index in [1.54, 1.807) is 18.6 Å². The summed E-state index contributed by atoms with van der Waals surface area (Å²) in [6.45, 7) is 8.33. The maximum absolute atomic E-state index is 14.4. The van der Waals surface area contributed by atoms with Crippen molar-refractivity contribution in [1.29, 1.82) is 0 Å². The van der Waals surface area contributed by atoms with Gasteiger partial charge in [0.15, 0.2) is 5.82 Å². The first-order valence-electron chi connectivity index (χ1n) is 14.4. The summed E-state index contributed by atoms with van der Waals surface area (Å²) in [6.07, 6.45) is 9.38. The molecule has 7 rings (SSSR count). The highest BCUT2D eigenvalue weighted by Gasteiger charge is 2.52. The van der Waals surface area contributed by atoms with Gasteiger partial charge in [-0.15, -0.1) is 10.2 Å². The van der Waals surface area contributed by atoms with E-state index in [1.165, 1.54) is 18.5 Å². The number of carbonyl (C=O) groups excluding carboxylic acids is 1. The molecule has 3 aromatic rings. The molecule has 1 atom stereocenters. The zero-order chi connectivity index (χ0) is 27.4. The number of Topliss-reactive ketones (excluding diaryl/α,β-unsaturated/α-hetero) is 1. The smallest absolute Gasteiger partial charge is 0.282 e. The Morgan fingerprint density at radius 3 is 2.65 bits per heavy atom. The van der Waals surface area contributed by atoms with Crippen molar-refractivity contribution in [2.24, 2.45) is 17.3 Å². The summed E-state index contributed by atoms with van der Waals surface area (Å²) in [5.74, 6) is 2.86. The van der Waals surface area contributed by atoms with E-state index in [2.05, 4.69) is 48.8 Å². The molecule has 2 saturated carbocycles. The van der Waals surface area contributed by atoms with Gasteiger partial charge in [0, 0.05) is 73.7 Å². The van der Waals surface area contributed by atoms with Gasteiger partial charge in [0.05, 0.1) is 5.69 Å². The molecule has 0 bridgehead atoms. The lowest BCUT2D eigenvalue weighted by Gasteiger charge is -2.55. The van der Waals surface area contributed by atoms with E-state index in [-0.39, 0.29) is 11.2 Å². The van der Waals surface area contributed by atoms with Gasteiger partial charge in [0.1, 0.15) is 30.0 Å². The number of likely N-dealkylation sites (tertiary alicyclic amines) is 1. The Balaban J connectivity index is 1.10. The molecule has 40 heavy (non-hydrogen) atoms. The van der Waals surface area contributed by atoms with E-state index in [0.29, 0.717) is 52.6 Å². The molecule has 0 amide bonds. The molecule has 9 nitrogen and oxygen atoms in total. The van der Waals surface area contributed by atoms with Crippen LogP contribution in [-0.2, 0) is 4.79 Å². The molecular formula is C30H34FN7O2. The Bertz CT molecular complexity index is 1430. The predicted molar refractivity (Wildman–Crippen MR) is 146 cm³/mol. The van der Waals surface area contributed by atoms with E-state index in [0.717, 1.165) is 69.5 Å². The Morgan fingerprint density at radius 2 is 1.90 bits per heavy atom. The first-order valence-corrected chi connectivity index (χ1v) is 14.4. The van der Waals surface area contributed by atoms with Gasteiger partial charge in [-0.3, -0.25) is 9.69 Å². The molecule has 1 spiro atoms. The van der Waals surface area contributed by atoms with Gasteiger partial charge in [-0.2, -0.15) is 0 Å². The third kappa shape index (κ3) is 4.62. The molecule has 1 aromatic carbocycles. The molecule has 4 aliphatic rings. The van der Waals surface area contributed by atoms with Crippen molar-refractivity contribution in [3.05, 3.63) is 48.6 Å². The highest BCUT2D eigenvalue weighted by Crippen LogP contribution is 2.48. The normalized spacial score (nSPS) is 21.5. The van der Waals surface area contributed by atoms with Crippen LogP contribution >= 0.6 is 0 Å². The van der Waals surface area contributed by atoms with Gasteiger partial charge >= 0.3 is 0 Å². The summed E-state index contributed by atoms with van der Waals surface area (Å²) in [4.78, 5) is 29.8. The fourth-order valence-electron chi connectivity index (χ4n) is 7.11. The molecule has 0 radical (unpaired) electrons. The van der Waals surface area contributed by atoms with Crippen molar-refractivity contribution in [1.82, 2.24) is 30.0 Å². The third-order valence-electron chi connectivity index (χ3n) is 9.10. The van der Waals surface area contributed by atoms with E-state index in [1.807, 2.05) is 0 Å². The van der Waals surface area contributed by atoms with E-state index in [4.69, 9.17) is 4.74 Å². The van der Waals surface area contributed by atoms with Crippen molar-refractivity contribution in [2.75, 3.05) is 31.1 Å².